The van der Waals surface area contributed by atoms with Crippen LogP contribution in [0.3, 0.4) is 0 Å². The van der Waals surface area contributed by atoms with E-state index in [4.69, 9.17) is 4.74 Å². The molecule has 31 heavy (non-hydrogen) atoms. The lowest BCUT2D eigenvalue weighted by Gasteiger charge is -2.33. The number of methoxy groups -OCH3 is 1. The molecule has 3 amide bonds. The summed E-state index contributed by atoms with van der Waals surface area (Å²) in [5.74, 6) is -0.573. The molecule has 0 bridgehead atoms. The molecule has 0 aromatic heterocycles. The van der Waals surface area contributed by atoms with Gasteiger partial charge in [0.05, 0.1) is 12.8 Å². The Kier molecular flexibility index (Phi) is 7.94. The van der Waals surface area contributed by atoms with Gasteiger partial charge in [0.15, 0.2) is 0 Å². The highest BCUT2D eigenvalue weighted by atomic mass is 35.5. The van der Waals surface area contributed by atoms with Crippen LogP contribution >= 0.6 is 12.4 Å². The van der Waals surface area contributed by atoms with E-state index >= 15 is 0 Å². The van der Waals surface area contributed by atoms with Crippen molar-refractivity contribution in [1.29, 1.82) is 0 Å². The summed E-state index contributed by atoms with van der Waals surface area (Å²) in [5.41, 5.74) is 3.11. The molecule has 2 heterocycles. The van der Waals surface area contributed by atoms with E-state index < -0.39 is 6.04 Å². The summed E-state index contributed by atoms with van der Waals surface area (Å²) in [4.78, 5) is 41.7. The lowest BCUT2D eigenvalue weighted by molar-refractivity contribution is -0.141. The highest BCUT2D eigenvalue weighted by Gasteiger charge is 2.48. The van der Waals surface area contributed by atoms with E-state index in [1.807, 2.05) is 18.2 Å². The number of halogens is 1. The third-order valence-corrected chi connectivity index (χ3v) is 6.66. The van der Waals surface area contributed by atoms with Crippen molar-refractivity contribution in [3.63, 3.8) is 0 Å². The third-order valence-electron chi connectivity index (χ3n) is 6.66. The van der Waals surface area contributed by atoms with E-state index in [2.05, 4.69) is 5.32 Å². The highest BCUT2D eigenvalue weighted by molar-refractivity contribution is 6.21. The minimum Gasteiger partial charge on any atom is -0.469 e. The van der Waals surface area contributed by atoms with E-state index in [0.717, 1.165) is 51.6 Å². The number of benzene rings is 1. The van der Waals surface area contributed by atoms with Crippen LogP contribution in [0.25, 0.3) is 0 Å². The zero-order valence-electron chi connectivity index (χ0n) is 18.1. The lowest BCUT2D eigenvalue weighted by Crippen LogP contribution is -2.44. The Morgan fingerprint density at radius 1 is 1.10 bits per heavy atom. The SMILES string of the molecule is COC(=O)CCC1C(=O)N(c2ccc3c(c2)CCNCC3)C(=O)N1C1CCCCC1.Cl. The van der Waals surface area contributed by atoms with Gasteiger partial charge in [-0.25, -0.2) is 9.69 Å². The first-order valence-electron chi connectivity index (χ1n) is 11.2. The molecule has 1 atom stereocenters. The second-order valence-corrected chi connectivity index (χ2v) is 8.49. The van der Waals surface area contributed by atoms with E-state index in [-0.39, 0.29) is 42.8 Å². The van der Waals surface area contributed by atoms with Crippen LogP contribution in [0.5, 0.6) is 0 Å². The number of rotatable bonds is 5. The number of carbonyl (C=O) groups excluding carboxylic acids is 3. The Morgan fingerprint density at radius 2 is 1.81 bits per heavy atom. The molecule has 8 heteroatoms. The minimum absolute atomic E-state index is 0. The van der Waals surface area contributed by atoms with Crippen molar-refractivity contribution >= 4 is 36.0 Å². The number of amides is 3. The summed E-state index contributed by atoms with van der Waals surface area (Å²) < 4.78 is 4.77. The predicted octanol–water partition coefficient (Wildman–Crippen LogP) is 3.22. The smallest absolute Gasteiger partial charge is 0.332 e. The van der Waals surface area contributed by atoms with Gasteiger partial charge in [-0.3, -0.25) is 9.59 Å². The number of ether oxygens (including phenoxy) is 1. The Labute approximate surface area is 189 Å². The molecule has 1 saturated carbocycles. The van der Waals surface area contributed by atoms with Crippen molar-refractivity contribution in [2.24, 2.45) is 0 Å². The van der Waals surface area contributed by atoms with E-state index in [9.17, 15) is 14.4 Å². The van der Waals surface area contributed by atoms with E-state index in [0.29, 0.717) is 12.1 Å². The van der Waals surface area contributed by atoms with Gasteiger partial charge in [-0.15, -0.1) is 12.4 Å². The minimum atomic E-state index is -0.597. The van der Waals surface area contributed by atoms with Gasteiger partial charge >= 0.3 is 12.0 Å². The molecule has 1 N–H and O–H groups in total. The van der Waals surface area contributed by atoms with Gasteiger partial charge in [-0.2, -0.15) is 0 Å². The summed E-state index contributed by atoms with van der Waals surface area (Å²) in [7, 11) is 1.35. The summed E-state index contributed by atoms with van der Waals surface area (Å²) in [6.07, 6.45) is 7.41. The van der Waals surface area contributed by atoms with Crippen LogP contribution in [0.15, 0.2) is 18.2 Å². The molecule has 3 aliphatic rings. The third kappa shape index (κ3) is 4.88. The second-order valence-electron chi connectivity index (χ2n) is 8.49. The van der Waals surface area contributed by atoms with Gasteiger partial charge < -0.3 is 15.0 Å². The average molecular weight is 450 g/mol. The molecule has 1 saturated heterocycles. The fraction of sp³-hybridized carbons (Fsp3) is 0.609. The number of carbonyl (C=O) groups is 3. The number of fused-ring (bicyclic) bond motifs is 1. The van der Waals surface area contributed by atoms with Gasteiger partial charge in [-0.05, 0) is 68.5 Å². The number of esters is 1. The van der Waals surface area contributed by atoms with Gasteiger partial charge in [0, 0.05) is 12.5 Å². The molecule has 2 fully saturated rings. The first kappa shape index (κ1) is 23.5. The van der Waals surface area contributed by atoms with Crippen molar-refractivity contribution in [1.82, 2.24) is 10.2 Å². The maximum atomic E-state index is 13.5. The molecular weight excluding hydrogens is 418 g/mol. The highest BCUT2D eigenvalue weighted by Crippen LogP contribution is 2.34. The zero-order chi connectivity index (χ0) is 21.1. The summed E-state index contributed by atoms with van der Waals surface area (Å²) in [6.45, 7) is 1.84. The molecule has 1 aliphatic carbocycles. The number of hydrogen-bond acceptors (Lipinski definition) is 5. The Hall–Kier alpha value is -2.12. The molecule has 1 aromatic rings. The number of nitrogens with zero attached hydrogens (tertiary/aromatic N) is 2. The molecule has 0 radical (unpaired) electrons. The molecule has 4 rings (SSSR count). The number of hydrogen-bond donors (Lipinski definition) is 1. The molecule has 1 unspecified atom stereocenters. The Bertz CT molecular complexity index is 825. The first-order chi connectivity index (χ1) is 14.6. The van der Waals surface area contributed by atoms with Gasteiger partial charge in [0.2, 0.25) is 0 Å². The van der Waals surface area contributed by atoms with Crippen molar-refractivity contribution in [3.8, 4) is 0 Å². The van der Waals surface area contributed by atoms with Crippen molar-refractivity contribution < 1.29 is 19.1 Å². The molecule has 7 nitrogen and oxygen atoms in total. The van der Waals surface area contributed by atoms with Gasteiger partial charge in [0.25, 0.3) is 5.91 Å². The fourth-order valence-electron chi connectivity index (χ4n) is 5.04. The summed E-state index contributed by atoms with van der Waals surface area (Å²) >= 11 is 0. The first-order valence-corrected chi connectivity index (χ1v) is 11.2. The van der Waals surface area contributed by atoms with Crippen LogP contribution in [0, 0.1) is 0 Å². The fourth-order valence-corrected chi connectivity index (χ4v) is 5.04. The standard InChI is InChI=1S/C23H31N3O4.ClH/c1-30-21(27)10-9-20-22(28)26(23(29)25(20)18-5-3-2-4-6-18)19-8-7-16-11-13-24-14-12-17(16)15-19;/h7-8,15,18,20,24H,2-6,9-14H2,1H3;1H. The maximum Gasteiger partial charge on any atom is 0.332 e. The number of urea groups is 1. The quantitative estimate of drug-likeness (QED) is 0.551. The zero-order valence-corrected chi connectivity index (χ0v) is 18.9. The van der Waals surface area contributed by atoms with Crippen molar-refractivity contribution in [2.75, 3.05) is 25.1 Å². The van der Waals surface area contributed by atoms with Crippen molar-refractivity contribution in [2.45, 2.75) is 69.9 Å². The Balaban J connectivity index is 0.00000272. The summed E-state index contributed by atoms with van der Waals surface area (Å²) in [6, 6.07) is 5.16. The van der Waals surface area contributed by atoms with Gasteiger partial charge in [0.1, 0.15) is 6.04 Å². The average Bonchev–Trinajstić information content (AvgIpc) is 2.91. The van der Waals surface area contributed by atoms with Gasteiger partial charge in [-0.1, -0.05) is 25.3 Å². The largest absolute Gasteiger partial charge is 0.469 e. The lowest BCUT2D eigenvalue weighted by atomic mass is 9.93. The molecular formula is C23H32ClN3O4. The van der Waals surface area contributed by atoms with Crippen LogP contribution in [-0.2, 0) is 27.2 Å². The number of nitrogens with one attached hydrogen (secondary N) is 1. The summed E-state index contributed by atoms with van der Waals surface area (Å²) in [5, 5.41) is 3.39. The second kappa shape index (κ2) is 10.5. The maximum absolute atomic E-state index is 13.5. The number of anilines is 1. The van der Waals surface area contributed by atoms with Crippen LogP contribution in [0.1, 0.15) is 56.1 Å². The van der Waals surface area contributed by atoms with Crippen LogP contribution in [-0.4, -0.2) is 55.1 Å². The predicted molar refractivity (Wildman–Crippen MR) is 121 cm³/mol. The van der Waals surface area contributed by atoms with E-state index in [1.54, 1.807) is 4.90 Å². The Morgan fingerprint density at radius 3 is 2.52 bits per heavy atom. The van der Waals surface area contributed by atoms with Crippen LogP contribution in [0.2, 0.25) is 0 Å². The topological polar surface area (TPSA) is 79.0 Å². The van der Waals surface area contributed by atoms with Crippen LogP contribution < -0.4 is 10.2 Å². The van der Waals surface area contributed by atoms with E-state index in [1.165, 1.54) is 29.6 Å². The molecule has 0 spiro atoms. The molecule has 1 aromatic carbocycles. The normalized spacial score (nSPS) is 22.0. The molecule has 170 valence electrons. The number of imide groups is 1. The monoisotopic (exact) mass is 449 g/mol. The van der Waals surface area contributed by atoms with Crippen molar-refractivity contribution in [3.05, 3.63) is 29.3 Å². The van der Waals surface area contributed by atoms with Crippen LogP contribution in [0.4, 0.5) is 10.5 Å². The molecule has 2 aliphatic heterocycles.